The summed E-state index contributed by atoms with van der Waals surface area (Å²) < 4.78 is 0. The molecule has 7 aromatic rings. The Kier molecular flexibility index (Phi) is 4.25. The zero-order valence-corrected chi connectivity index (χ0v) is 18.7. The Balaban J connectivity index is 1.53. The zero-order valence-electron chi connectivity index (χ0n) is 18.7. The molecular formula is C34H22. The predicted octanol–water partition coefficient (Wildman–Crippen LogP) is 9.63. The van der Waals surface area contributed by atoms with Gasteiger partial charge in [0.25, 0.3) is 0 Å². The van der Waals surface area contributed by atoms with E-state index in [0.717, 1.165) is 0 Å². The zero-order chi connectivity index (χ0) is 22.5. The van der Waals surface area contributed by atoms with Gasteiger partial charge >= 0.3 is 0 Å². The number of hydrogen-bond acceptors (Lipinski definition) is 0. The highest BCUT2D eigenvalue weighted by atomic mass is 14.1. The van der Waals surface area contributed by atoms with E-state index in [4.69, 9.17) is 0 Å². The fourth-order valence-electron chi connectivity index (χ4n) is 5.33. The highest BCUT2D eigenvalue weighted by Gasteiger charge is 2.11. The lowest BCUT2D eigenvalue weighted by molar-refractivity contribution is 1.65. The van der Waals surface area contributed by atoms with Gasteiger partial charge in [-0.1, -0.05) is 121 Å². The van der Waals surface area contributed by atoms with Gasteiger partial charge in [-0.25, -0.2) is 0 Å². The molecule has 0 aliphatic carbocycles. The van der Waals surface area contributed by atoms with Gasteiger partial charge in [-0.2, -0.15) is 0 Å². The van der Waals surface area contributed by atoms with Crippen molar-refractivity contribution in [3.05, 3.63) is 133 Å². The van der Waals surface area contributed by atoms with E-state index in [-0.39, 0.29) is 0 Å². The van der Waals surface area contributed by atoms with Crippen LogP contribution in [0.2, 0.25) is 0 Å². The summed E-state index contributed by atoms with van der Waals surface area (Å²) in [7, 11) is 0. The molecule has 0 aliphatic heterocycles. The monoisotopic (exact) mass is 430 g/mol. The van der Waals surface area contributed by atoms with Crippen molar-refractivity contribution in [2.75, 3.05) is 0 Å². The van der Waals surface area contributed by atoms with Crippen molar-refractivity contribution in [1.29, 1.82) is 0 Å². The molecule has 34 heavy (non-hydrogen) atoms. The lowest BCUT2D eigenvalue weighted by Gasteiger charge is -2.13. The molecule has 7 rings (SSSR count). The molecule has 0 atom stereocenters. The molecule has 0 saturated carbocycles. The maximum absolute atomic E-state index is 2.32. The first-order valence-electron chi connectivity index (χ1n) is 11.8. The summed E-state index contributed by atoms with van der Waals surface area (Å²) in [4.78, 5) is 0. The predicted molar refractivity (Wildman–Crippen MR) is 147 cm³/mol. The minimum atomic E-state index is 1.25. The van der Waals surface area contributed by atoms with Gasteiger partial charge < -0.3 is 0 Å². The number of fused-ring (bicyclic) bond motifs is 7. The van der Waals surface area contributed by atoms with Crippen LogP contribution < -0.4 is 0 Å². The molecule has 0 heterocycles. The number of benzene rings is 7. The third-order valence-electron chi connectivity index (χ3n) is 7.01. The Morgan fingerprint density at radius 3 is 1.06 bits per heavy atom. The molecule has 0 radical (unpaired) electrons. The molecular weight excluding hydrogens is 408 g/mol. The first-order valence-corrected chi connectivity index (χ1v) is 11.8. The minimum absolute atomic E-state index is 1.25. The summed E-state index contributed by atoms with van der Waals surface area (Å²) in [6.07, 6.45) is 0. The maximum Gasteiger partial charge on any atom is -0.00206 e. The van der Waals surface area contributed by atoms with Crippen LogP contribution in [0.4, 0.5) is 0 Å². The smallest absolute Gasteiger partial charge is 0.00206 e. The van der Waals surface area contributed by atoms with Crippen molar-refractivity contribution >= 4 is 43.1 Å². The van der Waals surface area contributed by atoms with Gasteiger partial charge in [0.15, 0.2) is 0 Å². The average Bonchev–Trinajstić information content (AvgIpc) is 2.92. The van der Waals surface area contributed by atoms with Crippen LogP contribution in [0.3, 0.4) is 0 Å². The Labute approximate surface area is 198 Å². The van der Waals surface area contributed by atoms with Crippen LogP contribution in [-0.2, 0) is 0 Å². The SMILES string of the molecule is c1ccc(-c2ccc3c(ccc4ccc5ccc6cc(-c7ccccc7)ccc6c5c43)c2)cc1. The normalized spacial score (nSPS) is 11.5. The van der Waals surface area contributed by atoms with E-state index < -0.39 is 0 Å². The molecule has 0 saturated heterocycles. The van der Waals surface area contributed by atoms with Gasteiger partial charge in [0.1, 0.15) is 0 Å². The molecule has 0 spiro atoms. The van der Waals surface area contributed by atoms with Crippen LogP contribution in [0.5, 0.6) is 0 Å². The summed E-state index contributed by atoms with van der Waals surface area (Å²) in [5.74, 6) is 0. The first-order chi connectivity index (χ1) is 16.8. The van der Waals surface area contributed by atoms with Gasteiger partial charge in [0.2, 0.25) is 0 Å². The van der Waals surface area contributed by atoms with Gasteiger partial charge in [0, 0.05) is 0 Å². The Morgan fingerprint density at radius 1 is 0.265 bits per heavy atom. The lowest BCUT2D eigenvalue weighted by atomic mass is 9.91. The molecule has 0 amide bonds. The van der Waals surface area contributed by atoms with Crippen molar-refractivity contribution in [2.45, 2.75) is 0 Å². The molecule has 0 bridgehead atoms. The fraction of sp³-hybridized carbons (Fsp3) is 0. The summed E-state index contributed by atoms with van der Waals surface area (Å²) in [6.45, 7) is 0. The molecule has 0 heteroatoms. The third kappa shape index (κ3) is 3.00. The van der Waals surface area contributed by atoms with E-state index in [1.807, 2.05) is 0 Å². The van der Waals surface area contributed by atoms with E-state index >= 15 is 0 Å². The highest BCUT2D eigenvalue weighted by molar-refractivity contribution is 6.27. The summed E-state index contributed by atoms with van der Waals surface area (Å²) in [6, 6.07) is 48.6. The largest absolute Gasteiger partial charge is 0.0622 e. The quantitative estimate of drug-likeness (QED) is 0.239. The molecule has 0 aromatic heterocycles. The molecule has 158 valence electrons. The fourth-order valence-corrected chi connectivity index (χ4v) is 5.33. The van der Waals surface area contributed by atoms with Gasteiger partial charge in [-0.05, 0) is 77.5 Å². The highest BCUT2D eigenvalue weighted by Crippen LogP contribution is 2.38. The summed E-state index contributed by atoms with van der Waals surface area (Å²) in [5.41, 5.74) is 5.01. The van der Waals surface area contributed by atoms with Gasteiger partial charge in [0.05, 0.1) is 0 Å². The van der Waals surface area contributed by atoms with E-state index in [1.165, 1.54) is 65.3 Å². The van der Waals surface area contributed by atoms with Crippen molar-refractivity contribution in [3.63, 3.8) is 0 Å². The standard InChI is InChI=1S/C34H22/c1-3-7-23(8-4-1)27-17-19-31-29(21-27)15-13-25-11-12-26-14-16-30-22-28(24-9-5-2-6-10-24)18-20-32(30)34(26)33(25)31/h1-22H. The number of rotatable bonds is 2. The topological polar surface area (TPSA) is 0 Å². The number of hydrogen-bond donors (Lipinski definition) is 0. The van der Waals surface area contributed by atoms with Crippen LogP contribution in [0.1, 0.15) is 0 Å². The van der Waals surface area contributed by atoms with Crippen LogP contribution in [-0.4, -0.2) is 0 Å². The Morgan fingerprint density at radius 2 is 0.647 bits per heavy atom. The van der Waals surface area contributed by atoms with Crippen LogP contribution >= 0.6 is 0 Å². The molecule has 0 nitrogen and oxygen atoms in total. The first kappa shape index (κ1) is 19.1. The van der Waals surface area contributed by atoms with Crippen molar-refractivity contribution in [2.24, 2.45) is 0 Å². The van der Waals surface area contributed by atoms with E-state index in [9.17, 15) is 0 Å². The van der Waals surface area contributed by atoms with Gasteiger partial charge in [-0.15, -0.1) is 0 Å². The van der Waals surface area contributed by atoms with Crippen LogP contribution in [0, 0.1) is 0 Å². The third-order valence-corrected chi connectivity index (χ3v) is 7.01. The van der Waals surface area contributed by atoms with Crippen LogP contribution in [0.25, 0.3) is 65.3 Å². The van der Waals surface area contributed by atoms with Crippen molar-refractivity contribution in [1.82, 2.24) is 0 Å². The maximum atomic E-state index is 2.32. The second-order valence-electron chi connectivity index (χ2n) is 9.00. The van der Waals surface area contributed by atoms with E-state index in [1.54, 1.807) is 0 Å². The minimum Gasteiger partial charge on any atom is -0.0622 e. The van der Waals surface area contributed by atoms with E-state index in [2.05, 4.69) is 133 Å². The Hall–Kier alpha value is -4.42. The van der Waals surface area contributed by atoms with Crippen molar-refractivity contribution in [3.8, 4) is 22.3 Å². The molecule has 7 aromatic carbocycles. The van der Waals surface area contributed by atoms with Crippen LogP contribution in [0.15, 0.2) is 133 Å². The van der Waals surface area contributed by atoms with E-state index in [0.29, 0.717) is 0 Å². The summed E-state index contributed by atoms with van der Waals surface area (Å²) >= 11 is 0. The molecule has 0 fully saturated rings. The van der Waals surface area contributed by atoms with Crippen molar-refractivity contribution < 1.29 is 0 Å². The lowest BCUT2D eigenvalue weighted by Crippen LogP contribution is -1.86. The molecule has 0 N–H and O–H groups in total. The second-order valence-corrected chi connectivity index (χ2v) is 9.00. The molecule has 0 aliphatic rings. The summed E-state index contributed by atoms with van der Waals surface area (Å²) in [5, 5.41) is 10.4. The van der Waals surface area contributed by atoms with Gasteiger partial charge in [-0.3, -0.25) is 0 Å². The average molecular weight is 431 g/mol. The Bertz CT molecular complexity index is 1690. The second kappa shape index (κ2) is 7.57. The molecule has 0 unspecified atom stereocenters.